The summed E-state index contributed by atoms with van der Waals surface area (Å²) < 4.78 is 18.2. The van der Waals surface area contributed by atoms with Crippen LogP contribution in [0, 0.1) is 5.82 Å². The molecule has 0 N–H and O–H groups in total. The first-order valence-corrected chi connectivity index (χ1v) is 7.35. The zero-order chi connectivity index (χ0) is 16.2. The molecule has 1 aliphatic heterocycles. The van der Waals surface area contributed by atoms with E-state index in [2.05, 4.69) is 15.1 Å². The molecule has 0 bridgehead atoms. The van der Waals surface area contributed by atoms with Crippen LogP contribution in [0.15, 0.2) is 36.4 Å². The van der Waals surface area contributed by atoms with Crippen LogP contribution in [0.1, 0.15) is 10.4 Å². The van der Waals surface area contributed by atoms with Gasteiger partial charge in [-0.2, -0.15) is 0 Å². The number of hydrogen-bond acceptors (Lipinski definition) is 5. The van der Waals surface area contributed by atoms with Gasteiger partial charge in [-0.3, -0.25) is 4.79 Å². The molecule has 0 atom stereocenters. The number of nitrogens with zero attached hydrogens (tertiary/aromatic N) is 4. The monoisotopic (exact) mass is 316 g/mol. The van der Waals surface area contributed by atoms with Crippen LogP contribution in [-0.2, 0) is 0 Å². The minimum Gasteiger partial charge on any atom is -0.480 e. The number of anilines is 1. The molecule has 1 aromatic heterocycles. The van der Waals surface area contributed by atoms with Crippen LogP contribution in [-0.4, -0.2) is 54.3 Å². The third-order valence-corrected chi connectivity index (χ3v) is 3.80. The number of hydrogen-bond donors (Lipinski definition) is 0. The fourth-order valence-corrected chi connectivity index (χ4v) is 2.53. The number of ether oxygens (including phenoxy) is 1. The van der Waals surface area contributed by atoms with Gasteiger partial charge in [0, 0.05) is 37.8 Å². The van der Waals surface area contributed by atoms with Crippen molar-refractivity contribution < 1.29 is 13.9 Å². The lowest BCUT2D eigenvalue weighted by atomic mass is 10.1. The second kappa shape index (κ2) is 6.60. The molecule has 23 heavy (non-hydrogen) atoms. The number of benzene rings is 1. The normalized spacial score (nSPS) is 14.7. The van der Waals surface area contributed by atoms with Gasteiger partial charge in [-0.05, 0) is 24.3 Å². The Bertz CT molecular complexity index is 685. The van der Waals surface area contributed by atoms with Gasteiger partial charge in [-0.25, -0.2) is 4.39 Å². The third-order valence-electron chi connectivity index (χ3n) is 3.80. The average Bonchev–Trinajstić information content (AvgIpc) is 2.61. The Hall–Kier alpha value is -2.70. The maximum absolute atomic E-state index is 13.2. The molecule has 2 aromatic rings. The van der Waals surface area contributed by atoms with Gasteiger partial charge in [0.05, 0.1) is 7.11 Å². The summed E-state index contributed by atoms with van der Waals surface area (Å²) in [6.45, 7) is 2.43. The van der Waals surface area contributed by atoms with Gasteiger partial charge in [0.15, 0.2) is 5.82 Å². The molecule has 1 fully saturated rings. The van der Waals surface area contributed by atoms with Gasteiger partial charge in [-0.1, -0.05) is 6.07 Å². The predicted molar refractivity (Wildman–Crippen MR) is 83.1 cm³/mol. The second-order valence-electron chi connectivity index (χ2n) is 5.22. The van der Waals surface area contributed by atoms with Crippen LogP contribution in [0.3, 0.4) is 0 Å². The maximum Gasteiger partial charge on any atom is 0.254 e. The summed E-state index contributed by atoms with van der Waals surface area (Å²) in [5, 5.41) is 8.06. The number of rotatable bonds is 3. The molecule has 1 aliphatic rings. The number of halogens is 1. The molecular formula is C16H17FN4O2. The van der Waals surface area contributed by atoms with E-state index in [1.54, 1.807) is 30.2 Å². The molecule has 2 heterocycles. The smallest absolute Gasteiger partial charge is 0.254 e. The average molecular weight is 316 g/mol. The Morgan fingerprint density at radius 3 is 2.52 bits per heavy atom. The lowest BCUT2D eigenvalue weighted by molar-refractivity contribution is 0.0746. The van der Waals surface area contributed by atoms with E-state index in [9.17, 15) is 9.18 Å². The highest BCUT2D eigenvalue weighted by molar-refractivity contribution is 5.94. The van der Waals surface area contributed by atoms with E-state index in [0.29, 0.717) is 37.6 Å². The van der Waals surface area contributed by atoms with E-state index in [-0.39, 0.29) is 5.91 Å². The first kappa shape index (κ1) is 15.2. The molecule has 6 nitrogen and oxygen atoms in total. The molecule has 0 radical (unpaired) electrons. The summed E-state index contributed by atoms with van der Waals surface area (Å²) in [5.74, 6) is 0.672. The van der Waals surface area contributed by atoms with Crippen molar-refractivity contribution in [2.45, 2.75) is 0 Å². The van der Waals surface area contributed by atoms with Crippen LogP contribution >= 0.6 is 0 Å². The van der Waals surface area contributed by atoms with Crippen molar-refractivity contribution in [1.82, 2.24) is 15.1 Å². The summed E-state index contributed by atoms with van der Waals surface area (Å²) in [6.07, 6.45) is 0. The fraction of sp³-hybridized carbons (Fsp3) is 0.312. The zero-order valence-corrected chi connectivity index (χ0v) is 12.8. The van der Waals surface area contributed by atoms with Gasteiger partial charge in [0.2, 0.25) is 5.88 Å². The van der Waals surface area contributed by atoms with Crippen LogP contribution in [0.5, 0.6) is 5.88 Å². The quantitative estimate of drug-likeness (QED) is 0.860. The molecule has 1 aromatic carbocycles. The Labute approximate surface area is 133 Å². The summed E-state index contributed by atoms with van der Waals surface area (Å²) >= 11 is 0. The van der Waals surface area contributed by atoms with Crippen molar-refractivity contribution in [2.24, 2.45) is 0 Å². The first-order valence-electron chi connectivity index (χ1n) is 7.35. The van der Waals surface area contributed by atoms with Crippen molar-refractivity contribution in [3.63, 3.8) is 0 Å². The van der Waals surface area contributed by atoms with Crippen LogP contribution in [0.25, 0.3) is 0 Å². The molecule has 3 rings (SSSR count). The molecule has 120 valence electrons. The van der Waals surface area contributed by atoms with Crippen LogP contribution < -0.4 is 9.64 Å². The Morgan fingerprint density at radius 1 is 1.13 bits per heavy atom. The van der Waals surface area contributed by atoms with E-state index in [1.165, 1.54) is 12.1 Å². The fourth-order valence-electron chi connectivity index (χ4n) is 2.53. The van der Waals surface area contributed by atoms with E-state index < -0.39 is 5.82 Å². The van der Waals surface area contributed by atoms with E-state index in [1.807, 2.05) is 6.07 Å². The SMILES string of the molecule is COc1ccc(N2CCN(C(=O)c3cccc(F)c3)CC2)nn1. The highest BCUT2D eigenvalue weighted by atomic mass is 19.1. The van der Waals surface area contributed by atoms with Gasteiger partial charge in [0.25, 0.3) is 5.91 Å². The molecule has 0 saturated carbocycles. The highest BCUT2D eigenvalue weighted by Crippen LogP contribution is 2.16. The largest absolute Gasteiger partial charge is 0.480 e. The first-order chi connectivity index (χ1) is 11.2. The summed E-state index contributed by atoms with van der Waals surface area (Å²) in [4.78, 5) is 16.2. The van der Waals surface area contributed by atoms with E-state index in [0.717, 1.165) is 5.82 Å². The number of amides is 1. The van der Waals surface area contributed by atoms with Crippen molar-refractivity contribution in [3.05, 3.63) is 47.8 Å². The topological polar surface area (TPSA) is 58.6 Å². The number of carbonyl (C=O) groups excluding carboxylic acids is 1. The molecular weight excluding hydrogens is 299 g/mol. The molecule has 1 amide bonds. The lowest BCUT2D eigenvalue weighted by Crippen LogP contribution is -2.49. The van der Waals surface area contributed by atoms with E-state index in [4.69, 9.17) is 4.74 Å². The van der Waals surface area contributed by atoms with Gasteiger partial charge >= 0.3 is 0 Å². The van der Waals surface area contributed by atoms with E-state index >= 15 is 0 Å². The van der Waals surface area contributed by atoms with Crippen molar-refractivity contribution in [1.29, 1.82) is 0 Å². The minimum absolute atomic E-state index is 0.148. The predicted octanol–water partition coefficient (Wildman–Crippen LogP) is 1.59. The number of carbonyl (C=O) groups is 1. The summed E-state index contributed by atoms with van der Waals surface area (Å²) in [6, 6.07) is 9.38. The highest BCUT2D eigenvalue weighted by Gasteiger charge is 2.23. The van der Waals surface area contributed by atoms with Crippen molar-refractivity contribution in [3.8, 4) is 5.88 Å². The van der Waals surface area contributed by atoms with Crippen molar-refractivity contribution in [2.75, 3.05) is 38.2 Å². The van der Waals surface area contributed by atoms with Crippen LogP contribution in [0.2, 0.25) is 0 Å². The Morgan fingerprint density at radius 2 is 1.91 bits per heavy atom. The zero-order valence-electron chi connectivity index (χ0n) is 12.8. The summed E-state index contributed by atoms with van der Waals surface area (Å²) in [5.41, 5.74) is 0.377. The molecule has 1 saturated heterocycles. The Balaban J connectivity index is 1.62. The van der Waals surface area contributed by atoms with Crippen molar-refractivity contribution >= 4 is 11.7 Å². The molecule has 0 spiro atoms. The van der Waals surface area contributed by atoms with Gasteiger partial charge in [-0.15, -0.1) is 10.2 Å². The number of piperazine rings is 1. The summed E-state index contributed by atoms with van der Waals surface area (Å²) in [7, 11) is 1.54. The number of methoxy groups -OCH3 is 1. The third kappa shape index (κ3) is 3.39. The Kier molecular flexibility index (Phi) is 4.36. The van der Waals surface area contributed by atoms with Gasteiger partial charge in [0.1, 0.15) is 5.82 Å². The lowest BCUT2D eigenvalue weighted by Gasteiger charge is -2.35. The molecule has 0 aliphatic carbocycles. The molecule has 7 heteroatoms. The minimum atomic E-state index is -0.400. The number of aromatic nitrogens is 2. The second-order valence-corrected chi connectivity index (χ2v) is 5.22. The van der Waals surface area contributed by atoms with Crippen LogP contribution in [0.4, 0.5) is 10.2 Å². The maximum atomic E-state index is 13.2. The standard InChI is InChI=1S/C16H17FN4O2/c1-23-15-6-5-14(18-19-15)20-7-9-21(10-8-20)16(22)12-3-2-4-13(17)11-12/h2-6,11H,7-10H2,1H3. The van der Waals surface area contributed by atoms with Gasteiger partial charge < -0.3 is 14.5 Å². The molecule has 0 unspecified atom stereocenters.